The summed E-state index contributed by atoms with van der Waals surface area (Å²) < 4.78 is 93.8. The lowest BCUT2D eigenvalue weighted by Gasteiger charge is -2.36. The summed E-state index contributed by atoms with van der Waals surface area (Å²) in [5.41, 5.74) is 0.178. The molecule has 0 radical (unpaired) electrons. The van der Waals surface area contributed by atoms with E-state index < -0.39 is 39.5 Å². The Morgan fingerprint density at radius 1 is 1.04 bits per heavy atom. The van der Waals surface area contributed by atoms with Gasteiger partial charge in [0.15, 0.2) is 0 Å². The molecule has 14 heteroatoms. The third kappa shape index (κ3) is 10.6. The van der Waals surface area contributed by atoms with E-state index in [1.807, 2.05) is 25.8 Å². The van der Waals surface area contributed by atoms with Gasteiger partial charge in [0.25, 0.3) is 15.9 Å². The molecule has 0 spiro atoms. The van der Waals surface area contributed by atoms with Crippen LogP contribution in [0.15, 0.2) is 71.6 Å². The Balaban J connectivity index is 1.61. The first kappa shape index (κ1) is 39.1. The number of carbonyl (C=O) groups excluding carboxylic acids is 1. The molecule has 1 heterocycles. The van der Waals surface area contributed by atoms with Crippen LogP contribution in [0.5, 0.6) is 5.75 Å². The van der Waals surface area contributed by atoms with Gasteiger partial charge in [-0.25, -0.2) is 12.8 Å². The number of nitrogens with one attached hydrogen (secondary N) is 1. The Hall–Kier alpha value is -3.72. The molecule has 1 amide bonds. The second-order valence-electron chi connectivity index (χ2n) is 13.0. The van der Waals surface area contributed by atoms with Gasteiger partial charge in [-0.1, -0.05) is 19.1 Å². The average Bonchev–Trinajstić information content (AvgIpc) is 3.06. The van der Waals surface area contributed by atoms with Crippen molar-refractivity contribution in [2.75, 3.05) is 38.1 Å². The lowest BCUT2D eigenvalue weighted by atomic mass is 10.0. The normalized spacial score (nSPS) is 20.5. The molecular formula is C36H45F4N3O6S. The van der Waals surface area contributed by atoms with Crippen molar-refractivity contribution in [1.29, 1.82) is 0 Å². The fourth-order valence-corrected chi connectivity index (χ4v) is 6.81. The SMILES string of the molecule is C[C@@H]1CCCCO[C@H](CN(C)Cc2ccc(C(F)(F)F)cc2)[C@@H](C)CN([C@H](C)CO)C(=O)c2cc(NS(=O)(=O)c3ccc(F)cc3)ccc2O1. The molecule has 0 aliphatic carbocycles. The summed E-state index contributed by atoms with van der Waals surface area (Å²) in [6.07, 6.45) is -2.91. The zero-order chi connectivity index (χ0) is 36.6. The molecule has 0 bridgehead atoms. The summed E-state index contributed by atoms with van der Waals surface area (Å²) >= 11 is 0. The average molecular weight is 724 g/mol. The van der Waals surface area contributed by atoms with Crippen molar-refractivity contribution in [1.82, 2.24) is 9.80 Å². The smallest absolute Gasteiger partial charge is 0.416 e. The molecule has 1 aliphatic heterocycles. The number of ether oxygens (including phenoxy) is 2. The largest absolute Gasteiger partial charge is 0.490 e. The minimum absolute atomic E-state index is 0.0922. The highest BCUT2D eigenvalue weighted by molar-refractivity contribution is 7.92. The molecule has 4 rings (SSSR count). The van der Waals surface area contributed by atoms with Gasteiger partial charge >= 0.3 is 6.18 Å². The molecule has 1 aliphatic rings. The van der Waals surface area contributed by atoms with Crippen molar-refractivity contribution in [2.24, 2.45) is 5.92 Å². The van der Waals surface area contributed by atoms with Gasteiger partial charge in [-0.2, -0.15) is 13.2 Å². The monoisotopic (exact) mass is 723 g/mol. The highest BCUT2D eigenvalue weighted by atomic mass is 32.2. The Morgan fingerprint density at radius 3 is 2.36 bits per heavy atom. The van der Waals surface area contributed by atoms with E-state index in [2.05, 4.69) is 4.72 Å². The molecule has 2 N–H and O–H groups in total. The van der Waals surface area contributed by atoms with Crippen LogP contribution < -0.4 is 9.46 Å². The second kappa shape index (κ2) is 17.0. The first-order valence-electron chi connectivity index (χ1n) is 16.5. The number of halogens is 4. The van der Waals surface area contributed by atoms with Crippen LogP contribution in [0.3, 0.4) is 0 Å². The molecule has 0 fully saturated rings. The van der Waals surface area contributed by atoms with E-state index in [4.69, 9.17) is 9.47 Å². The van der Waals surface area contributed by atoms with Crippen molar-refractivity contribution in [3.05, 3.63) is 89.2 Å². The number of anilines is 1. The Labute approximate surface area is 291 Å². The molecule has 3 aromatic rings. The van der Waals surface area contributed by atoms with E-state index in [9.17, 15) is 35.9 Å². The van der Waals surface area contributed by atoms with Gasteiger partial charge < -0.3 is 19.5 Å². The predicted octanol–water partition coefficient (Wildman–Crippen LogP) is 6.57. The third-order valence-corrected chi connectivity index (χ3v) is 10.1. The van der Waals surface area contributed by atoms with Crippen LogP contribution in [-0.2, 0) is 27.5 Å². The van der Waals surface area contributed by atoms with Gasteiger partial charge in [-0.05, 0) is 100 Å². The molecule has 50 heavy (non-hydrogen) atoms. The van der Waals surface area contributed by atoms with Crippen molar-refractivity contribution >= 4 is 21.6 Å². The molecule has 0 unspecified atom stereocenters. The summed E-state index contributed by atoms with van der Waals surface area (Å²) in [5, 5.41) is 10.2. The lowest BCUT2D eigenvalue weighted by molar-refractivity contribution is -0.137. The van der Waals surface area contributed by atoms with Gasteiger partial charge in [0.2, 0.25) is 0 Å². The number of sulfonamides is 1. The lowest BCUT2D eigenvalue weighted by Crippen LogP contribution is -2.47. The fraction of sp³-hybridized carbons (Fsp3) is 0.472. The van der Waals surface area contributed by atoms with E-state index >= 15 is 0 Å². The van der Waals surface area contributed by atoms with E-state index in [0.29, 0.717) is 31.7 Å². The van der Waals surface area contributed by atoms with Crippen LogP contribution in [0.2, 0.25) is 0 Å². The number of fused-ring (bicyclic) bond motifs is 1. The summed E-state index contributed by atoms with van der Waals surface area (Å²) in [7, 11) is -2.27. The second-order valence-corrected chi connectivity index (χ2v) is 14.6. The van der Waals surface area contributed by atoms with Gasteiger partial charge in [0.1, 0.15) is 11.6 Å². The standard InChI is InChI=1S/C36H45F4N3O6S/c1-24-20-43(25(2)23-44)35(45)32-19-30(41-50(46,47)31-15-12-29(37)13-16-31)14-17-33(32)49-26(3)7-5-6-18-48-34(24)22-42(4)21-27-8-10-28(11-9-27)36(38,39)40/h8-17,19,24-26,34,41,44H,5-7,18,20-23H2,1-4H3/t24-,25+,26+,34+/m0/s1. The molecular weight excluding hydrogens is 678 g/mol. The maximum absolute atomic E-state index is 14.3. The van der Waals surface area contributed by atoms with Gasteiger partial charge in [-0.15, -0.1) is 0 Å². The molecule has 274 valence electrons. The van der Waals surface area contributed by atoms with Crippen LogP contribution in [0.25, 0.3) is 0 Å². The number of rotatable bonds is 9. The van der Waals surface area contributed by atoms with Crippen LogP contribution in [0.1, 0.15) is 61.5 Å². The number of amides is 1. The zero-order valence-corrected chi connectivity index (χ0v) is 29.4. The zero-order valence-electron chi connectivity index (χ0n) is 28.6. The van der Waals surface area contributed by atoms with Crippen LogP contribution in [-0.4, -0.2) is 80.8 Å². The minimum Gasteiger partial charge on any atom is -0.490 e. The Morgan fingerprint density at radius 2 is 1.72 bits per heavy atom. The molecule has 0 aromatic heterocycles. The van der Waals surface area contributed by atoms with Crippen molar-refractivity contribution in [3.8, 4) is 5.75 Å². The van der Waals surface area contributed by atoms with Gasteiger partial charge in [0, 0.05) is 37.8 Å². The fourth-order valence-electron chi connectivity index (χ4n) is 5.76. The van der Waals surface area contributed by atoms with E-state index in [-0.39, 0.29) is 53.2 Å². The van der Waals surface area contributed by atoms with E-state index in [1.165, 1.54) is 35.2 Å². The number of hydrogen-bond donors (Lipinski definition) is 2. The van der Waals surface area contributed by atoms with E-state index in [0.717, 1.165) is 49.2 Å². The van der Waals surface area contributed by atoms with Crippen molar-refractivity contribution in [2.45, 2.75) is 75.9 Å². The maximum Gasteiger partial charge on any atom is 0.416 e. The Bertz CT molecular complexity index is 1670. The first-order chi connectivity index (χ1) is 23.6. The maximum atomic E-state index is 14.3. The highest BCUT2D eigenvalue weighted by Gasteiger charge is 2.32. The van der Waals surface area contributed by atoms with Gasteiger partial charge in [0.05, 0.1) is 40.9 Å². The minimum atomic E-state index is -4.42. The van der Waals surface area contributed by atoms with Crippen molar-refractivity contribution in [3.63, 3.8) is 0 Å². The summed E-state index contributed by atoms with van der Waals surface area (Å²) in [4.78, 5) is 17.6. The third-order valence-electron chi connectivity index (χ3n) is 8.65. The van der Waals surface area contributed by atoms with Crippen LogP contribution in [0, 0.1) is 11.7 Å². The summed E-state index contributed by atoms with van der Waals surface area (Å²) in [6.45, 7) is 6.57. The number of benzene rings is 3. The summed E-state index contributed by atoms with van der Waals surface area (Å²) in [6, 6.07) is 13.2. The molecule has 9 nitrogen and oxygen atoms in total. The number of aliphatic hydroxyl groups excluding tert-OH is 1. The molecule has 3 aromatic carbocycles. The number of carbonyl (C=O) groups is 1. The molecule has 0 saturated carbocycles. The predicted molar refractivity (Wildman–Crippen MR) is 182 cm³/mol. The topological polar surface area (TPSA) is 108 Å². The number of hydrogen-bond acceptors (Lipinski definition) is 7. The molecule has 0 saturated heterocycles. The molecule has 4 atom stereocenters. The summed E-state index contributed by atoms with van der Waals surface area (Å²) in [5.74, 6) is -1.07. The van der Waals surface area contributed by atoms with Crippen LogP contribution in [0.4, 0.5) is 23.2 Å². The Kier molecular flexibility index (Phi) is 13.3. The van der Waals surface area contributed by atoms with Crippen LogP contribution >= 0.6 is 0 Å². The van der Waals surface area contributed by atoms with Crippen molar-refractivity contribution < 1.29 is 45.4 Å². The first-order valence-corrected chi connectivity index (χ1v) is 18.0. The number of likely N-dealkylation sites (N-methyl/N-ethyl adjacent to an activating group) is 1. The van der Waals surface area contributed by atoms with E-state index in [1.54, 1.807) is 6.92 Å². The quantitative estimate of drug-likeness (QED) is 0.241. The van der Waals surface area contributed by atoms with Gasteiger partial charge in [-0.3, -0.25) is 14.4 Å². The highest BCUT2D eigenvalue weighted by Crippen LogP contribution is 2.31. The number of nitrogens with zero attached hydrogens (tertiary/aromatic N) is 2. The number of alkyl halides is 3. The number of aliphatic hydroxyl groups is 1.